The first-order chi connectivity index (χ1) is 9.02. The van der Waals surface area contributed by atoms with E-state index in [-0.39, 0.29) is 30.8 Å². The fourth-order valence-electron chi connectivity index (χ4n) is 1.27. The maximum Gasteiger partial charge on any atom is 0.251 e. The Balaban J connectivity index is 2.36. The summed E-state index contributed by atoms with van der Waals surface area (Å²) in [5.41, 5.74) is 6.51. The third-order valence-corrected chi connectivity index (χ3v) is 2.41. The predicted octanol–water partition coefficient (Wildman–Crippen LogP) is 0.274. The van der Waals surface area contributed by atoms with Crippen molar-refractivity contribution in [3.8, 4) is 6.07 Å². The summed E-state index contributed by atoms with van der Waals surface area (Å²) < 4.78 is 0. The van der Waals surface area contributed by atoms with Crippen LogP contribution in [0.15, 0.2) is 24.3 Å². The second-order valence-electron chi connectivity index (χ2n) is 4.14. The number of anilines is 1. The number of carbonyl (C=O) groups is 2. The standard InChI is InChI=1S/C13H16N4O2/c1-9(6-14)7-16-12(18)8-17-13(19)10-2-4-11(15)5-3-10/h2-5,9H,7-8,15H2,1H3,(H,16,18)(H,17,19). The first-order valence-corrected chi connectivity index (χ1v) is 5.83. The molecule has 0 aromatic heterocycles. The average molecular weight is 260 g/mol. The van der Waals surface area contributed by atoms with Crippen LogP contribution in [0.2, 0.25) is 0 Å². The number of nitrogens with one attached hydrogen (secondary N) is 2. The predicted molar refractivity (Wildman–Crippen MR) is 71.0 cm³/mol. The summed E-state index contributed by atoms with van der Waals surface area (Å²) in [7, 11) is 0. The van der Waals surface area contributed by atoms with Gasteiger partial charge in [0.15, 0.2) is 0 Å². The highest BCUT2D eigenvalue weighted by atomic mass is 16.2. The molecule has 0 saturated heterocycles. The number of nitrogen functional groups attached to an aromatic ring is 1. The van der Waals surface area contributed by atoms with Crippen LogP contribution in [-0.4, -0.2) is 24.9 Å². The number of hydrogen-bond acceptors (Lipinski definition) is 4. The molecule has 100 valence electrons. The van der Waals surface area contributed by atoms with Crippen molar-refractivity contribution in [3.63, 3.8) is 0 Å². The van der Waals surface area contributed by atoms with Crippen LogP contribution in [0.25, 0.3) is 0 Å². The molecule has 0 bridgehead atoms. The molecule has 1 aromatic rings. The summed E-state index contributed by atoms with van der Waals surface area (Å²) >= 11 is 0. The highest BCUT2D eigenvalue weighted by Crippen LogP contribution is 2.04. The number of amides is 2. The van der Waals surface area contributed by atoms with Crippen LogP contribution in [0.1, 0.15) is 17.3 Å². The molecular weight excluding hydrogens is 244 g/mol. The summed E-state index contributed by atoms with van der Waals surface area (Å²) in [6.45, 7) is 1.85. The Morgan fingerprint density at radius 1 is 1.32 bits per heavy atom. The molecule has 1 rings (SSSR count). The van der Waals surface area contributed by atoms with Crippen molar-refractivity contribution in [2.45, 2.75) is 6.92 Å². The van der Waals surface area contributed by atoms with Gasteiger partial charge in [-0.05, 0) is 31.2 Å². The minimum absolute atomic E-state index is 0.124. The summed E-state index contributed by atoms with van der Waals surface area (Å²) in [6, 6.07) is 8.40. The molecule has 19 heavy (non-hydrogen) atoms. The van der Waals surface area contributed by atoms with E-state index in [1.807, 2.05) is 6.07 Å². The molecule has 2 amide bonds. The second-order valence-corrected chi connectivity index (χ2v) is 4.14. The minimum atomic E-state index is -0.344. The fourth-order valence-corrected chi connectivity index (χ4v) is 1.27. The maximum atomic E-state index is 11.7. The van der Waals surface area contributed by atoms with Gasteiger partial charge in [-0.3, -0.25) is 9.59 Å². The van der Waals surface area contributed by atoms with Gasteiger partial charge in [-0.1, -0.05) is 0 Å². The van der Waals surface area contributed by atoms with E-state index in [4.69, 9.17) is 11.0 Å². The van der Waals surface area contributed by atoms with Crippen molar-refractivity contribution in [1.82, 2.24) is 10.6 Å². The van der Waals surface area contributed by atoms with Gasteiger partial charge in [-0.15, -0.1) is 0 Å². The Morgan fingerprint density at radius 3 is 2.53 bits per heavy atom. The first-order valence-electron chi connectivity index (χ1n) is 5.83. The quantitative estimate of drug-likeness (QED) is 0.660. The van der Waals surface area contributed by atoms with Gasteiger partial charge in [-0.25, -0.2) is 0 Å². The number of carbonyl (C=O) groups excluding carboxylic acids is 2. The zero-order valence-electron chi connectivity index (χ0n) is 10.6. The van der Waals surface area contributed by atoms with Crippen LogP contribution < -0.4 is 16.4 Å². The lowest BCUT2D eigenvalue weighted by Gasteiger charge is -2.07. The molecule has 6 heteroatoms. The number of nitrogens with zero attached hydrogens (tertiary/aromatic N) is 1. The van der Waals surface area contributed by atoms with Crippen LogP contribution in [-0.2, 0) is 4.79 Å². The van der Waals surface area contributed by atoms with Gasteiger partial charge in [0, 0.05) is 17.8 Å². The van der Waals surface area contributed by atoms with Crippen LogP contribution in [0, 0.1) is 17.2 Å². The fraction of sp³-hybridized carbons (Fsp3) is 0.308. The Bertz CT molecular complexity index is 490. The van der Waals surface area contributed by atoms with E-state index in [0.29, 0.717) is 11.3 Å². The SMILES string of the molecule is CC(C#N)CNC(=O)CNC(=O)c1ccc(N)cc1. The molecule has 4 N–H and O–H groups in total. The Kier molecular flexibility index (Phi) is 5.35. The zero-order chi connectivity index (χ0) is 14.3. The van der Waals surface area contributed by atoms with E-state index >= 15 is 0 Å². The molecular formula is C13H16N4O2. The number of nitrogens with two attached hydrogens (primary N) is 1. The maximum absolute atomic E-state index is 11.7. The molecule has 1 aromatic carbocycles. The first kappa shape index (κ1) is 14.5. The molecule has 1 atom stereocenters. The van der Waals surface area contributed by atoms with Crippen LogP contribution in [0.4, 0.5) is 5.69 Å². The van der Waals surface area contributed by atoms with Crippen LogP contribution in [0.5, 0.6) is 0 Å². The Morgan fingerprint density at radius 2 is 1.95 bits per heavy atom. The molecule has 0 saturated carbocycles. The summed E-state index contributed by atoms with van der Waals surface area (Å²) in [5.74, 6) is -0.925. The molecule has 0 radical (unpaired) electrons. The Hall–Kier alpha value is -2.55. The van der Waals surface area contributed by atoms with Crippen LogP contribution >= 0.6 is 0 Å². The molecule has 0 aliphatic heterocycles. The summed E-state index contributed by atoms with van der Waals surface area (Å²) in [4.78, 5) is 23.1. The van der Waals surface area contributed by atoms with Gasteiger partial charge in [0.25, 0.3) is 5.91 Å². The van der Waals surface area contributed by atoms with Gasteiger partial charge in [0.1, 0.15) is 0 Å². The van der Waals surface area contributed by atoms with Gasteiger partial charge in [0.05, 0.1) is 18.5 Å². The highest BCUT2D eigenvalue weighted by Gasteiger charge is 2.08. The van der Waals surface area contributed by atoms with Crippen molar-refractivity contribution in [1.29, 1.82) is 5.26 Å². The van der Waals surface area contributed by atoms with E-state index in [9.17, 15) is 9.59 Å². The molecule has 1 unspecified atom stereocenters. The number of nitriles is 1. The van der Waals surface area contributed by atoms with E-state index in [2.05, 4.69) is 10.6 Å². The van der Waals surface area contributed by atoms with Gasteiger partial charge in [-0.2, -0.15) is 5.26 Å². The number of hydrogen-bond donors (Lipinski definition) is 3. The smallest absolute Gasteiger partial charge is 0.251 e. The topological polar surface area (TPSA) is 108 Å². The van der Waals surface area contributed by atoms with Crippen molar-refractivity contribution >= 4 is 17.5 Å². The van der Waals surface area contributed by atoms with E-state index < -0.39 is 0 Å². The van der Waals surface area contributed by atoms with Gasteiger partial charge >= 0.3 is 0 Å². The third kappa shape index (κ3) is 5.08. The lowest BCUT2D eigenvalue weighted by atomic mass is 10.2. The summed E-state index contributed by atoms with van der Waals surface area (Å²) in [6.07, 6.45) is 0. The molecule has 0 aliphatic rings. The molecule has 6 nitrogen and oxygen atoms in total. The largest absolute Gasteiger partial charge is 0.399 e. The molecule has 0 heterocycles. The van der Waals surface area contributed by atoms with Crippen molar-refractivity contribution in [2.24, 2.45) is 5.92 Å². The van der Waals surface area contributed by atoms with Crippen molar-refractivity contribution in [3.05, 3.63) is 29.8 Å². The van der Waals surface area contributed by atoms with E-state index in [1.165, 1.54) is 0 Å². The summed E-state index contributed by atoms with van der Waals surface area (Å²) in [5, 5.41) is 13.6. The molecule has 0 aliphatic carbocycles. The highest BCUT2D eigenvalue weighted by molar-refractivity contribution is 5.96. The number of benzene rings is 1. The average Bonchev–Trinajstić information content (AvgIpc) is 2.42. The lowest BCUT2D eigenvalue weighted by Crippen LogP contribution is -2.38. The number of rotatable bonds is 5. The van der Waals surface area contributed by atoms with Crippen LogP contribution in [0.3, 0.4) is 0 Å². The van der Waals surface area contributed by atoms with Crippen molar-refractivity contribution < 1.29 is 9.59 Å². The van der Waals surface area contributed by atoms with E-state index in [1.54, 1.807) is 31.2 Å². The normalized spacial score (nSPS) is 11.2. The van der Waals surface area contributed by atoms with Gasteiger partial charge in [0.2, 0.25) is 5.91 Å². The van der Waals surface area contributed by atoms with Crippen molar-refractivity contribution in [2.75, 3.05) is 18.8 Å². The lowest BCUT2D eigenvalue weighted by molar-refractivity contribution is -0.120. The van der Waals surface area contributed by atoms with Gasteiger partial charge < -0.3 is 16.4 Å². The molecule has 0 fully saturated rings. The third-order valence-electron chi connectivity index (χ3n) is 2.41. The molecule has 0 spiro atoms. The second kappa shape index (κ2) is 7.01. The van der Waals surface area contributed by atoms with E-state index in [0.717, 1.165) is 0 Å². The monoisotopic (exact) mass is 260 g/mol. The Labute approximate surface area is 111 Å². The zero-order valence-corrected chi connectivity index (χ0v) is 10.6. The minimum Gasteiger partial charge on any atom is -0.399 e.